The number of alkyl halides is 3. The third-order valence-corrected chi connectivity index (χ3v) is 6.28. The fraction of sp³-hybridized carbons (Fsp3) is 0.391. The van der Waals surface area contributed by atoms with Gasteiger partial charge in [0.1, 0.15) is 11.8 Å². The van der Waals surface area contributed by atoms with Crippen molar-refractivity contribution in [1.82, 2.24) is 29.8 Å². The summed E-state index contributed by atoms with van der Waals surface area (Å²) >= 11 is 0. The monoisotopic (exact) mass is 488 g/mol. The summed E-state index contributed by atoms with van der Waals surface area (Å²) in [5.74, 6) is -1.93. The van der Waals surface area contributed by atoms with Gasteiger partial charge in [0.15, 0.2) is 11.5 Å². The second-order valence-electron chi connectivity index (χ2n) is 8.63. The third kappa shape index (κ3) is 4.52. The van der Waals surface area contributed by atoms with Crippen molar-refractivity contribution in [2.24, 2.45) is 5.92 Å². The lowest BCUT2D eigenvalue weighted by Crippen LogP contribution is -2.59. The lowest BCUT2D eigenvalue weighted by molar-refractivity contribution is -0.142. The van der Waals surface area contributed by atoms with E-state index in [1.54, 1.807) is 42.4 Å². The summed E-state index contributed by atoms with van der Waals surface area (Å²) in [5.41, 5.74) is -0.0589. The van der Waals surface area contributed by atoms with Crippen molar-refractivity contribution in [3.8, 4) is 17.4 Å². The maximum Gasteiger partial charge on any atom is 0.435 e. The zero-order chi connectivity index (χ0) is 24.7. The van der Waals surface area contributed by atoms with E-state index < -0.39 is 35.8 Å². The highest BCUT2D eigenvalue weighted by molar-refractivity contribution is 5.99. The summed E-state index contributed by atoms with van der Waals surface area (Å²) in [7, 11) is 0. The highest BCUT2D eigenvalue weighted by Gasteiger charge is 2.45. The summed E-state index contributed by atoms with van der Waals surface area (Å²) in [6, 6.07) is 4.65. The van der Waals surface area contributed by atoms with E-state index in [1.165, 1.54) is 0 Å². The molecule has 35 heavy (non-hydrogen) atoms. The van der Waals surface area contributed by atoms with Gasteiger partial charge in [0.05, 0.1) is 17.8 Å². The lowest BCUT2D eigenvalue weighted by Gasteiger charge is -2.49. The van der Waals surface area contributed by atoms with Crippen LogP contribution in [0.15, 0.2) is 36.8 Å². The number of hydrogen-bond acceptors (Lipinski definition) is 7. The van der Waals surface area contributed by atoms with E-state index >= 15 is 0 Å². The van der Waals surface area contributed by atoms with E-state index in [-0.39, 0.29) is 11.8 Å². The molecule has 1 saturated carbocycles. The third-order valence-electron chi connectivity index (χ3n) is 6.28. The Hall–Kier alpha value is -3.70. The molecule has 6 rings (SSSR count). The molecule has 3 aromatic heterocycles. The Morgan fingerprint density at radius 1 is 1.11 bits per heavy atom. The molecular weight excluding hydrogens is 468 g/mol. The lowest BCUT2D eigenvalue weighted by atomic mass is 9.77. The molecule has 3 fully saturated rings. The van der Waals surface area contributed by atoms with Crippen LogP contribution in [0.2, 0.25) is 0 Å². The number of amides is 1. The number of nitrogens with zero attached hydrogens (tertiary/aromatic N) is 6. The molecule has 3 unspecified atom stereocenters. The number of piperidine rings is 2. The number of fused-ring (bicyclic) bond motifs is 3. The summed E-state index contributed by atoms with van der Waals surface area (Å²) in [4.78, 5) is 34.7. The molecule has 2 bridgehead atoms. The van der Waals surface area contributed by atoms with Crippen molar-refractivity contribution in [2.75, 3.05) is 6.54 Å². The van der Waals surface area contributed by atoms with E-state index in [0.717, 1.165) is 6.42 Å². The first-order valence-electron chi connectivity index (χ1n) is 11.0. The van der Waals surface area contributed by atoms with Gasteiger partial charge in [-0.25, -0.2) is 24.9 Å². The molecule has 12 heteroatoms. The molecule has 0 N–H and O–H groups in total. The number of aromatic nitrogens is 5. The molecule has 3 atom stereocenters. The average molecular weight is 488 g/mol. The SMILES string of the molecule is Cc1ccc(C(=O)N2CC3CCC2C(Oc2ncc(C(F)(F)F)nc2F)C3)c(-c2ncccn2)n1. The Labute approximate surface area is 197 Å². The number of pyridine rings is 1. The van der Waals surface area contributed by atoms with Crippen LogP contribution in [0.25, 0.3) is 11.5 Å². The zero-order valence-electron chi connectivity index (χ0n) is 18.5. The first-order valence-corrected chi connectivity index (χ1v) is 11.0. The predicted molar refractivity (Wildman–Crippen MR) is 114 cm³/mol. The van der Waals surface area contributed by atoms with Crippen LogP contribution in [0.3, 0.4) is 0 Å². The maximum absolute atomic E-state index is 14.3. The fourth-order valence-corrected chi connectivity index (χ4v) is 4.68. The Morgan fingerprint density at radius 3 is 2.57 bits per heavy atom. The van der Waals surface area contributed by atoms with E-state index in [9.17, 15) is 22.4 Å². The van der Waals surface area contributed by atoms with Gasteiger partial charge < -0.3 is 9.64 Å². The molecule has 2 aliphatic heterocycles. The van der Waals surface area contributed by atoms with Gasteiger partial charge in [-0.2, -0.15) is 17.6 Å². The van der Waals surface area contributed by atoms with E-state index in [0.29, 0.717) is 48.4 Å². The fourth-order valence-electron chi connectivity index (χ4n) is 4.68. The summed E-state index contributed by atoms with van der Waals surface area (Å²) in [5, 5.41) is 0. The Bertz CT molecular complexity index is 1260. The number of hydrogen-bond donors (Lipinski definition) is 0. The molecule has 0 spiro atoms. The Balaban J connectivity index is 1.42. The number of halogens is 4. The Kier molecular flexibility index (Phi) is 5.81. The van der Waals surface area contributed by atoms with Gasteiger partial charge in [0, 0.05) is 24.6 Å². The van der Waals surface area contributed by atoms with E-state index in [2.05, 4.69) is 24.9 Å². The van der Waals surface area contributed by atoms with Crippen LogP contribution in [0.1, 0.15) is 41.0 Å². The first kappa shape index (κ1) is 23.1. The number of ether oxygens (including phenoxy) is 1. The van der Waals surface area contributed by atoms with Gasteiger partial charge in [-0.15, -0.1) is 0 Å². The second-order valence-corrected chi connectivity index (χ2v) is 8.63. The minimum Gasteiger partial charge on any atom is -0.469 e. The standard InChI is InChI=1S/C23H20F4N6O2/c1-12-3-5-14(18(31-12)20-28-7-2-8-29-20)22(34)33-11-13-4-6-15(33)16(9-13)35-21-19(24)32-17(10-30-21)23(25,26)27/h2-3,5,7-8,10,13,15-16H,4,6,9,11H2,1H3. The largest absolute Gasteiger partial charge is 0.469 e. The maximum atomic E-state index is 14.3. The number of rotatable bonds is 4. The van der Waals surface area contributed by atoms with Crippen LogP contribution < -0.4 is 4.74 Å². The van der Waals surface area contributed by atoms with Gasteiger partial charge in [-0.1, -0.05) is 0 Å². The predicted octanol–water partition coefficient (Wildman–Crippen LogP) is 3.87. The minimum absolute atomic E-state index is 0.0919. The van der Waals surface area contributed by atoms with Crippen molar-refractivity contribution < 1.29 is 27.1 Å². The number of carbonyl (C=O) groups is 1. The molecule has 3 aromatic rings. The molecule has 1 amide bonds. The summed E-state index contributed by atoms with van der Waals surface area (Å²) in [6.07, 6.45) is 0.0940. The molecule has 8 nitrogen and oxygen atoms in total. The van der Waals surface area contributed by atoms with Gasteiger partial charge in [-0.05, 0) is 50.3 Å². The van der Waals surface area contributed by atoms with Crippen molar-refractivity contribution in [3.05, 3.63) is 59.7 Å². The smallest absolute Gasteiger partial charge is 0.435 e. The molecule has 0 aromatic carbocycles. The highest BCUT2D eigenvalue weighted by atomic mass is 19.4. The van der Waals surface area contributed by atoms with Crippen LogP contribution in [-0.4, -0.2) is 54.4 Å². The highest BCUT2D eigenvalue weighted by Crippen LogP contribution is 2.39. The Morgan fingerprint density at radius 2 is 1.89 bits per heavy atom. The van der Waals surface area contributed by atoms with Crippen LogP contribution in [0.5, 0.6) is 5.88 Å². The molecule has 3 aliphatic rings. The van der Waals surface area contributed by atoms with Crippen LogP contribution in [-0.2, 0) is 6.18 Å². The van der Waals surface area contributed by atoms with Crippen molar-refractivity contribution in [2.45, 2.75) is 44.5 Å². The van der Waals surface area contributed by atoms with Gasteiger partial charge in [-0.3, -0.25) is 4.79 Å². The molecule has 5 heterocycles. The number of aryl methyl sites for hydroxylation is 1. The van der Waals surface area contributed by atoms with Crippen LogP contribution in [0, 0.1) is 18.8 Å². The quantitative estimate of drug-likeness (QED) is 0.515. The minimum atomic E-state index is -4.82. The van der Waals surface area contributed by atoms with Crippen molar-refractivity contribution in [3.63, 3.8) is 0 Å². The molecule has 2 saturated heterocycles. The number of carbonyl (C=O) groups excluding carboxylic acids is 1. The average Bonchev–Trinajstić information content (AvgIpc) is 2.85. The van der Waals surface area contributed by atoms with Gasteiger partial charge in [0.2, 0.25) is 0 Å². The van der Waals surface area contributed by atoms with Gasteiger partial charge in [0.25, 0.3) is 17.7 Å². The molecular formula is C23H20F4N6O2. The van der Waals surface area contributed by atoms with E-state index in [4.69, 9.17) is 4.74 Å². The van der Waals surface area contributed by atoms with E-state index in [1.807, 2.05) is 0 Å². The molecule has 182 valence electrons. The van der Waals surface area contributed by atoms with Crippen LogP contribution >= 0.6 is 0 Å². The molecule has 0 radical (unpaired) electrons. The first-order chi connectivity index (χ1) is 16.7. The van der Waals surface area contributed by atoms with Gasteiger partial charge >= 0.3 is 6.18 Å². The topological polar surface area (TPSA) is 94.0 Å². The summed E-state index contributed by atoms with van der Waals surface area (Å²) in [6.45, 7) is 2.28. The van der Waals surface area contributed by atoms with Crippen molar-refractivity contribution >= 4 is 5.91 Å². The normalized spacial score (nSPS) is 21.7. The molecule has 1 aliphatic carbocycles. The zero-order valence-corrected chi connectivity index (χ0v) is 18.5. The van der Waals surface area contributed by atoms with Crippen molar-refractivity contribution in [1.29, 1.82) is 0 Å². The van der Waals surface area contributed by atoms with Crippen LogP contribution in [0.4, 0.5) is 17.6 Å². The summed E-state index contributed by atoms with van der Waals surface area (Å²) < 4.78 is 58.3. The second kappa shape index (κ2) is 8.82.